The Morgan fingerprint density at radius 3 is 2.42 bits per heavy atom. The molecule has 0 heterocycles. The quantitative estimate of drug-likeness (QED) is 0.672. The van der Waals surface area contributed by atoms with Crippen LogP contribution in [0, 0.1) is 17.8 Å². The van der Waals surface area contributed by atoms with Gasteiger partial charge in [-0.05, 0) is 43.4 Å². The van der Waals surface area contributed by atoms with Crippen molar-refractivity contribution in [2.24, 2.45) is 23.5 Å². The zero-order valence-corrected chi connectivity index (χ0v) is 8.34. The van der Waals surface area contributed by atoms with E-state index in [0.717, 1.165) is 17.8 Å². The van der Waals surface area contributed by atoms with E-state index in [-0.39, 0.29) is 5.54 Å². The standard InChI is InChI=1S/C11H21N/c1-8(2)9-4-3-5-10(9)11(12)6-7-11/h8-10H,3-7,12H2,1-2H3. The molecule has 1 heteroatoms. The molecule has 0 aliphatic heterocycles. The molecule has 2 saturated carbocycles. The molecule has 0 saturated heterocycles. The number of hydrogen-bond acceptors (Lipinski definition) is 1. The smallest absolute Gasteiger partial charge is 0.0187 e. The summed E-state index contributed by atoms with van der Waals surface area (Å²) in [7, 11) is 0. The molecule has 0 spiro atoms. The molecule has 2 aliphatic carbocycles. The maximum atomic E-state index is 6.28. The Morgan fingerprint density at radius 2 is 1.92 bits per heavy atom. The molecule has 0 radical (unpaired) electrons. The minimum absolute atomic E-state index is 0.283. The summed E-state index contributed by atoms with van der Waals surface area (Å²) in [6.45, 7) is 4.71. The van der Waals surface area contributed by atoms with Crippen LogP contribution < -0.4 is 5.73 Å². The van der Waals surface area contributed by atoms with Crippen molar-refractivity contribution in [3.05, 3.63) is 0 Å². The van der Waals surface area contributed by atoms with Crippen molar-refractivity contribution in [1.29, 1.82) is 0 Å². The third-order valence-corrected chi connectivity index (χ3v) is 3.99. The largest absolute Gasteiger partial charge is 0.325 e. The van der Waals surface area contributed by atoms with E-state index in [1.807, 2.05) is 0 Å². The molecule has 2 fully saturated rings. The van der Waals surface area contributed by atoms with E-state index < -0.39 is 0 Å². The lowest BCUT2D eigenvalue weighted by molar-refractivity contribution is 0.245. The van der Waals surface area contributed by atoms with Gasteiger partial charge in [-0.1, -0.05) is 20.3 Å². The van der Waals surface area contributed by atoms with Crippen molar-refractivity contribution < 1.29 is 0 Å². The second-order valence-electron chi connectivity index (χ2n) is 5.18. The van der Waals surface area contributed by atoms with Crippen molar-refractivity contribution >= 4 is 0 Å². The number of nitrogens with two attached hydrogens (primary N) is 1. The van der Waals surface area contributed by atoms with Gasteiger partial charge in [-0.15, -0.1) is 0 Å². The van der Waals surface area contributed by atoms with Gasteiger partial charge in [0.2, 0.25) is 0 Å². The lowest BCUT2D eigenvalue weighted by Gasteiger charge is -2.28. The Kier molecular flexibility index (Phi) is 1.95. The van der Waals surface area contributed by atoms with Crippen LogP contribution in [0.2, 0.25) is 0 Å². The van der Waals surface area contributed by atoms with Crippen LogP contribution in [0.4, 0.5) is 0 Å². The van der Waals surface area contributed by atoms with Crippen LogP contribution >= 0.6 is 0 Å². The first-order chi connectivity index (χ1) is 5.63. The number of rotatable bonds is 2. The zero-order valence-electron chi connectivity index (χ0n) is 8.34. The first kappa shape index (κ1) is 8.55. The van der Waals surface area contributed by atoms with Crippen molar-refractivity contribution in [3.8, 4) is 0 Å². The van der Waals surface area contributed by atoms with E-state index >= 15 is 0 Å². The minimum atomic E-state index is 0.283. The van der Waals surface area contributed by atoms with Gasteiger partial charge in [0.1, 0.15) is 0 Å². The summed E-state index contributed by atoms with van der Waals surface area (Å²) in [5.41, 5.74) is 6.56. The molecule has 70 valence electrons. The van der Waals surface area contributed by atoms with Crippen LogP contribution in [-0.2, 0) is 0 Å². The Labute approximate surface area is 75.7 Å². The highest BCUT2D eigenvalue weighted by Gasteiger charge is 2.50. The molecule has 2 N–H and O–H groups in total. The molecule has 2 atom stereocenters. The summed E-state index contributed by atoms with van der Waals surface area (Å²) in [6.07, 6.45) is 6.84. The highest BCUT2D eigenvalue weighted by atomic mass is 14.8. The second kappa shape index (κ2) is 2.73. The molecular formula is C11H21N. The topological polar surface area (TPSA) is 26.0 Å². The Balaban J connectivity index is 2.04. The monoisotopic (exact) mass is 167 g/mol. The first-order valence-electron chi connectivity index (χ1n) is 5.42. The summed E-state index contributed by atoms with van der Waals surface area (Å²) in [5.74, 6) is 2.63. The normalized spacial score (nSPS) is 39.0. The van der Waals surface area contributed by atoms with Gasteiger partial charge < -0.3 is 5.73 Å². The Morgan fingerprint density at radius 1 is 1.25 bits per heavy atom. The van der Waals surface area contributed by atoms with Crippen LogP contribution in [0.15, 0.2) is 0 Å². The minimum Gasteiger partial charge on any atom is -0.325 e. The third-order valence-electron chi connectivity index (χ3n) is 3.99. The molecule has 0 aromatic carbocycles. The van der Waals surface area contributed by atoms with Crippen LogP contribution in [0.1, 0.15) is 46.0 Å². The van der Waals surface area contributed by atoms with Gasteiger partial charge in [0.05, 0.1) is 0 Å². The molecule has 0 amide bonds. The lowest BCUT2D eigenvalue weighted by atomic mass is 9.80. The maximum absolute atomic E-state index is 6.28. The summed E-state index contributed by atoms with van der Waals surface area (Å²) < 4.78 is 0. The van der Waals surface area contributed by atoms with Gasteiger partial charge in [-0.3, -0.25) is 0 Å². The van der Waals surface area contributed by atoms with Crippen LogP contribution in [0.25, 0.3) is 0 Å². The van der Waals surface area contributed by atoms with Crippen LogP contribution in [0.5, 0.6) is 0 Å². The van der Waals surface area contributed by atoms with Gasteiger partial charge in [0.15, 0.2) is 0 Å². The van der Waals surface area contributed by atoms with Gasteiger partial charge in [-0.25, -0.2) is 0 Å². The highest BCUT2D eigenvalue weighted by molar-refractivity contribution is 5.07. The van der Waals surface area contributed by atoms with Gasteiger partial charge in [-0.2, -0.15) is 0 Å². The van der Waals surface area contributed by atoms with E-state index in [4.69, 9.17) is 5.73 Å². The fraction of sp³-hybridized carbons (Fsp3) is 1.00. The van der Waals surface area contributed by atoms with E-state index in [1.54, 1.807) is 0 Å². The molecule has 2 aliphatic rings. The van der Waals surface area contributed by atoms with Crippen molar-refractivity contribution in [2.75, 3.05) is 0 Å². The zero-order chi connectivity index (χ0) is 8.77. The maximum Gasteiger partial charge on any atom is 0.0187 e. The van der Waals surface area contributed by atoms with E-state index in [0.29, 0.717) is 0 Å². The molecule has 2 rings (SSSR count). The number of hydrogen-bond donors (Lipinski definition) is 1. The predicted octanol–water partition coefficient (Wildman–Crippen LogP) is 2.55. The SMILES string of the molecule is CC(C)C1CCCC1C1(N)CC1. The average Bonchev–Trinajstić information content (AvgIpc) is 2.61. The molecular weight excluding hydrogens is 146 g/mol. The van der Waals surface area contributed by atoms with Crippen molar-refractivity contribution in [1.82, 2.24) is 0 Å². The summed E-state index contributed by atoms with van der Waals surface area (Å²) in [6, 6.07) is 0. The van der Waals surface area contributed by atoms with Crippen molar-refractivity contribution in [3.63, 3.8) is 0 Å². The lowest BCUT2D eigenvalue weighted by Crippen LogP contribution is -2.36. The Bertz CT molecular complexity index is 170. The third kappa shape index (κ3) is 1.28. The molecule has 0 aromatic heterocycles. The van der Waals surface area contributed by atoms with Gasteiger partial charge >= 0.3 is 0 Å². The average molecular weight is 167 g/mol. The molecule has 1 nitrogen and oxygen atoms in total. The van der Waals surface area contributed by atoms with Crippen LogP contribution in [-0.4, -0.2) is 5.54 Å². The second-order valence-corrected chi connectivity index (χ2v) is 5.18. The van der Waals surface area contributed by atoms with Crippen molar-refractivity contribution in [2.45, 2.75) is 51.5 Å². The predicted molar refractivity (Wildman–Crippen MR) is 51.8 cm³/mol. The molecule has 2 unspecified atom stereocenters. The molecule has 0 bridgehead atoms. The van der Waals surface area contributed by atoms with E-state index in [1.165, 1.54) is 32.1 Å². The molecule has 0 aromatic rings. The van der Waals surface area contributed by atoms with Gasteiger partial charge in [0.25, 0.3) is 0 Å². The van der Waals surface area contributed by atoms with Crippen LogP contribution in [0.3, 0.4) is 0 Å². The summed E-state index contributed by atoms with van der Waals surface area (Å²) >= 11 is 0. The van der Waals surface area contributed by atoms with E-state index in [2.05, 4.69) is 13.8 Å². The van der Waals surface area contributed by atoms with Gasteiger partial charge in [0, 0.05) is 5.54 Å². The first-order valence-corrected chi connectivity index (χ1v) is 5.42. The fourth-order valence-corrected chi connectivity index (χ4v) is 3.02. The fourth-order valence-electron chi connectivity index (χ4n) is 3.02. The Hall–Kier alpha value is -0.0400. The highest BCUT2D eigenvalue weighted by Crippen LogP contribution is 2.51. The summed E-state index contributed by atoms with van der Waals surface area (Å²) in [4.78, 5) is 0. The molecule has 12 heavy (non-hydrogen) atoms. The summed E-state index contributed by atoms with van der Waals surface area (Å²) in [5, 5.41) is 0. The van der Waals surface area contributed by atoms with E-state index in [9.17, 15) is 0 Å².